The van der Waals surface area contributed by atoms with Crippen molar-refractivity contribution in [1.82, 2.24) is 4.90 Å². The van der Waals surface area contributed by atoms with E-state index in [0.717, 1.165) is 5.56 Å². The molecule has 2 atom stereocenters. The van der Waals surface area contributed by atoms with Crippen LogP contribution in [-0.4, -0.2) is 41.9 Å². The molecule has 1 heterocycles. The van der Waals surface area contributed by atoms with Crippen molar-refractivity contribution < 1.29 is 14.3 Å². The number of ether oxygens (including phenoxy) is 1. The highest BCUT2D eigenvalue weighted by atomic mass is 16.5. The molecule has 0 N–H and O–H groups in total. The van der Waals surface area contributed by atoms with Gasteiger partial charge in [0.2, 0.25) is 5.91 Å². The van der Waals surface area contributed by atoms with E-state index in [0.29, 0.717) is 18.8 Å². The first-order chi connectivity index (χ1) is 9.99. The molecule has 0 aliphatic carbocycles. The van der Waals surface area contributed by atoms with Crippen LogP contribution in [0.15, 0.2) is 24.3 Å². The predicted molar refractivity (Wildman–Crippen MR) is 81.3 cm³/mol. The van der Waals surface area contributed by atoms with Crippen molar-refractivity contribution in [2.75, 3.05) is 13.2 Å². The number of hydrogen-bond donors (Lipinski definition) is 0. The highest BCUT2D eigenvalue weighted by Gasteiger charge is 2.29. The molecular formula is C17H23NO3. The topological polar surface area (TPSA) is 46.6 Å². The molecule has 0 aromatic heterocycles. The Morgan fingerprint density at radius 2 is 1.67 bits per heavy atom. The number of aryl methyl sites for hydroxylation is 1. The first kappa shape index (κ1) is 15.7. The minimum Gasteiger partial charge on any atom is -0.377 e. The summed E-state index contributed by atoms with van der Waals surface area (Å²) >= 11 is 0. The van der Waals surface area contributed by atoms with Crippen molar-refractivity contribution in [2.45, 2.75) is 45.7 Å². The summed E-state index contributed by atoms with van der Waals surface area (Å²) in [6.07, 6.45) is 0.528. The molecule has 2 unspecified atom stereocenters. The number of amides is 1. The zero-order valence-corrected chi connectivity index (χ0v) is 13.0. The lowest BCUT2D eigenvalue weighted by Gasteiger charge is -2.38. The number of carbonyl (C=O) groups excluding carboxylic acids is 2. The van der Waals surface area contributed by atoms with Crippen molar-refractivity contribution in [3.63, 3.8) is 0 Å². The molecule has 1 aliphatic heterocycles. The maximum absolute atomic E-state index is 12.3. The van der Waals surface area contributed by atoms with Crippen LogP contribution in [-0.2, 0) is 9.53 Å². The molecular weight excluding hydrogens is 266 g/mol. The molecule has 0 radical (unpaired) electrons. The summed E-state index contributed by atoms with van der Waals surface area (Å²) in [4.78, 5) is 26.3. The van der Waals surface area contributed by atoms with Crippen LogP contribution < -0.4 is 0 Å². The minimum absolute atomic E-state index is 0.0249. The van der Waals surface area contributed by atoms with E-state index in [1.807, 2.05) is 49.9 Å². The standard InChI is InChI=1S/C17H23NO3/c1-12-4-6-15(7-5-12)16(19)8-9-17(20)18-13(2)10-21-11-14(18)3/h4-7,13-14H,8-11H2,1-3H3. The molecule has 21 heavy (non-hydrogen) atoms. The molecule has 1 saturated heterocycles. The zero-order valence-electron chi connectivity index (χ0n) is 13.0. The van der Waals surface area contributed by atoms with Crippen LogP contribution in [0.1, 0.15) is 42.6 Å². The van der Waals surface area contributed by atoms with Crippen molar-refractivity contribution in [3.8, 4) is 0 Å². The lowest BCUT2D eigenvalue weighted by atomic mass is 10.0. The second kappa shape index (κ2) is 6.85. The van der Waals surface area contributed by atoms with Gasteiger partial charge in [0.15, 0.2) is 5.78 Å². The molecule has 1 aromatic carbocycles. The van der Waals surface area contributed by atoms with Gasteiger partial charge in [-0.05, 0) is 20.8 Å². The van der Waals surface area contributed by atoms with Crippen LogP contribution in [0.4, 0.5) is 0 Å². The Bertz CT molecular complexity index is 499. The summed E-state index contributed by atoms with van der Waals surface area (Å²) in [5.74, 6) is 0.0654. The van der Waals surface area contributed by atoms with Gasteiger partial charge in [0, 0.05) is 18.4 Å². The molecule has 4 nitrogen and oxygen atoms in total. The van der Waals surface area contributed by atoms with E-state index in [-0.39, 0.29) is 36.6 Å². The molecule has 1 amide bonds. The first-order valence-corrected chi connectivity index (χ1v) is 7.48. The largest absolute Gasteiger partial charge is 0.377 e. The average molecular weight is 289 g/mol. The lowest BCUT2D eigenvalue weighted by molar-refractivity contribution is -0.144. The zero-order chi connectivity index (χ0) is 15.4. The Hall–Kier alpha value is -1.68. The highest BCUT2D eigenvalue weighted by molar-refractivity contribution is 5.98. The summed E-state index contributed by atoms with van der Waals surface area (Å²) in [5.41, 5.74) is 1.80. The molecule has 0 bridgehead atoms. The summed E-state index contributed by atoms with van der Waals surface area (Å²) in [7, 11) is 0. The Morgan fingerprint density at radius 1 is 1.10 bits per heavy atom. The van der Waals surface area contributed by atoms with Crippen LogP contribution in [0.2, 0.25) is 0 Å². The minimum atomic E-state index is 0.0249. The molecule has 1 aliphatic rings. The number of Topliss-reactive ketones (excluding diaryl/α,β-unsaturated/α-hetero) is 1. The fourth-order valence-corrected chi connectivity index (χ4v) is 2.73. The van der Waals surface area contributed by atoms with Gasteiger partial charge in [-0.3, -0.25) is 9.59 Å². The smallest absolute Gasteiger partial charge is 0.223 e. The quantitative estimate of drug-likeness (QED) is 0.800. The van der Waals surface area contributed by atoms with Gasteiger partial charge in [-0.2, -0.15) is 0 Å². The SMILES string of the molecule is Cc1ccc(C(=O)CCC(=O)N2C(C)COCC2C)cc1. The third-order valence-corrected chi connectivity index (χ3v) is 3.90. The van der Waals surface area contributed by atoms with E-state index >= 15 is 0 Å². The Labute approximate surface area is 126 Å². The number of ketones is 1. The molecule has 1 fully saturated rings. The molecule has 0 saturated carbocycles. The lowest BCUT2D eigenvalue weighted by Crippen LogP contribution is -2.52. The molecule has 2 rings (SSSR count). The number of carbonyl (C=O) groups is 2. The summed E-state index contributed by atoms with van der Waals surface area (Å²) in [6.45, 7) is 7.09. The molecule has 114 valence electrons. The number of nitrogens with zero attached hydrogens (tertiary/aromatic N) is 1. The van der Waals surface area contributed by atoms with Crippen molar-refractivity contribution in [1.29, 1.82) is 0 Å². The number of rotatable bonds is 4. The Balaban J connectivity index is 1.91. The third kappa shape index (κ3) is 3.91. The number of morpholine rings is 1. The normalized spacial score (nSPS) is 22.1. The fraction of sp³-hybridized carbons (Fsp3) is 0.529. The molecule has 4 heteroatoms. The van der Waals surface area contributed by atoms with Crippen LogP contribution in [0.5, 0.6) is 0 Å². The van der Waals surface area contributed by atoms with Crippen molar-refractivity contribution >= 4 is 11.7 Å². The fourth-order valence-electron chi connectivity index (χ4n) is 2.73. The Kier molecular flexibility index (Phi) is 5.12. The van der Waals surface area contributed by atoms with Gasteiger partial charge in [0.25, 0.3) is 0 Å². The predicted octanol–water partition coefficient (Wildman–Crippen LogP) is 2.59. The van der Waals surface area contributed by atoms with Gasteiger partial charge in [-0.15, -0.1) is 0 Å². The average Bonchev–Trinajstić information content (AvgIpc) is 2.45. The molecule has 1 aromatic rings. The third-order valence-electron chi connectivity index (χ3n) is 3.90. The second-order valence-corrected chi connectivity index (χ2v) is 5.83. The van der Waals surface area contributed by atoms with Gasteiger partial charge in [-0.1, -0.05) is 29.8 Å². The maximum Gasteiger partial charge on any atom is 0.223 e. The van der Waals surface area contributed by atoms with Crippen LogP contribution in [0, 0.1) is 6.92 Å². The van der Waals surface area contributed by atoms with Crippen LogP contribution >= 0.6 is 0 Å². The van der Waals surface area contributed by atoms with E-state index in [4.69, 9.17) is 4.74 Å². The number of hydrogen-bond acceptors (Lipinski definition) is 3. The van der Waals surface area contributed by atoms with E-state index in [2.05, 4.69) is 0 Å². The van der Waals surface area contributed by atoms with Gasteiger partial charge in [0.05, 0.1) is 25.3 Å². The second-order valence-electron chi connectivity index (χ2n) is 5.83. The van der Waals surface area contributed by atoms with Gasteiger partial charge in [0.1, 0.15) is 0 Å². The van der Waals surface area contributed by atoms with E-state index < -0.39 is 0 Å². The first-order valence-electron chi connectivity index (χ1n) is 7.48. The van der Waals surface area contributed by atoms with E-state index in [1.165, 1.54) is 0 Å². The summed E-state index contributed by atoms with van der Waals surface area (Å²) < 4.78 is 5.42. The van der Waals surface area contributed by atoms with Gasteiger partial charge >= 0.3 is 0 Å². The molecule has 0 spiro atoms. The Morgan fingerprint density at radius 3 is 2.24 bits per heavy atom. The maximum atomic E-state index is 12.3. The van der Waals surface area contributed by atoms with E-state index in [1.54, 1.807) is 0 Å². The van der Waals surface area contributed by atoms with E-state index in [9.17, 15) is 9.59 Å². The van der Waals surface area contributed by atoms with Crippen molar-refractivity contribution in [3.05, 3.63) is 35.4 Å². The van der Waals surface area contributed by atoms with Crippen LogP contribution in [0.3, 0.4) is 0 Å². The monoisotopic (exact) mass is 289 g/mol. The highest BCUT2D eigenvalue weighted by Crippen LogP contribution is 2.16. The van der Waals surface area contributed by atoms with Crippen LogP contribution in [0.25, 0.3) is 0 Å². The van der Waals surface area contributed by atoms with Gasteiger partial charge < -0.3 is 9.64 Å². The van der Waals surface area contributed by atoms with Crippen molar-refractivity contribution in [2.24, 2.45) is 0 Å². The summed E-state index contributed by atoms with van der Waals surface area (Å²) in [6, 6.07) is 7.64. The van der Waals surface area contributed by atoms with Gasteiger partial charge in [-0.25, -0.2) is 0 Å². The number of benzene rings is 1. The summed E-state index contributed by atoms with van der Waals surface area (Å²) in [5, 5.41) is 0.